The van der Waals surface area contributed by atoms with E-state index in [9.17, 15) is 4.79 Å². The summed E-state index contributed by atoms with van der Waals surface area (Å²) in [5.74, 6) is -0.270. The molecule has 0 spiro atoms. The molecule has 0 aromatic rings. The quantitative estimate of drug-likeness (QED) is 0.485. The fraction of sp³-hybridized carbons (Fsp3) is 0.750. The van der Waals surface area contributed by atoms with Crippen LogP contribution in [0.1, 0.15) is 25.7 Å². The zero-order valence-electron chi connectivity index (χ0n) is 6.32. The van der Waals surface area contributed by atoms with Crippen molar-refractivity contribution in [2.24, 2.45) is 4.99 Å². The highest BCUT2D eigenvalue weighted by Crippen LogP contribution is 2.25. The van der Waals surface area contributed by atoms with Crippen LogP contribution in [0, 0.1) is 0 Å². The standard InChI is InChI=1S/C8H11NO2/c10-8-5-9-6-3-1-2-4-7(6)11-8/h5-7H,1-4H2/t6?,7-/m0/s1. The zero-order valence-corrected chi connectivity index (χ0v) is 6.32. The van der Waals surface area contributed by atoms with Gasteiger partial charge in [-0.05, 0) is 19.3 Å². The molecule has 2 atom stereocenters. The maximum Gasteiger partial charge on any atom is 0.349 e. The Morgan fingerprint density at radius 2 is 2.27 bits per heavy atom. The third-order valence-corrected chi connectivity index (χ3v) is 2.31. The van der Waals surface area contributed by atoms with Crippen molar-refractivity contribution in [1.82, 2.24) is 0 Å². The molecule has 3 heteroatoms. The van der Waals surface area contributed by atoms with Crippen molar-refractivity contribution in [1.29, 1.82) is 0 Å². The van der Waals surface area contributed by atoms with E-state index in [1.807, 2.05) is 0 Å². The summed E-state index contributed by atoms with van der Waals surface area (Å²) < 4.78 is 5.10. The second kappa shape index (κ2) is 2.64. The Labute approximate surface area is 65.5 Å². The molecule has 1 fully saturated rings. The summed E-state index contributed by atoms with van der Waals surface area (Å²) in [5.41, 5.74) is 0. The summed E-state index contributed by atoms with van der Waals surface area (Å²) in [6.45, 7) is 0. The number of carbonyl (C=O) groups excluding carboxylic acids is 1. The highest BCUT2D eigenvalue weighted by Gasteiger charge is 2.29. The first-order chi connectivity index (χ1) is 5.36. The lowest BCUT2D eigenvalue weighted by Crippen LogP contribution is -2.37. The molecule has 1 heterocycles. The Bertz CT molecular complexity index is 200. The van der Waals surface area contributed by atoms with Gasteiger partial charge >= 0.3 is 5.97 Å². The Morgan fingerprint density at radius 3 is 3.18 bits per heavy atom. The molecule has 0 radical (unpaired) electrons. The predicted molar refractivity (Wildman–Crippen MR) is 40.6 cm³/mol. The van der Waals surface area contributed by atoms with E-state index >= 15 is 0 Å². The third-order valence-electron chi connectivity index (χ3n) is 2.31. The molecule has 60 valence electrons. The lowest BCUT2D eigenvalue weighted by atomic mass is 9.92. The molecule has 0 aromatic heterocycles. The molecule has 1 saturated carbocycles. The molecular weight excluding hydrogens is 142 g/mol. The zero-order chi connectivity index (χ0) is 7.68. The van der Waals surface area contributed by atoms with E-state index < -0.39 is 0 Å². The van der Waals surface area contributed by atoms with Gasteiger partial charge in [0.25, 0.3) is 0 Å². The first-order valence-corrected chi connectivity index (χ1v) is 4.10. The van der Waals surface area contributed by atoms with Crippen LogP contribution in [0.25, 0.3) is 0 Å². The molecule has 0 saturated heterocycles. The third kappa shape index (κ3) is 1.27. The first kappa shape index (κ1) is 6.83. The van der Waals surface area contributed by atoms with Gasteiger partial charge in [0.1, 0.15) is 12.3 Å². The van der Waals surface area contributed by atoms with Crippen LogP contribution in [0.5, 0.6) is 0 Å². The number of rotatable bonds is 0. The average molecular weight is 153 g/mol. The van der Waals surface area contributed by atoms with Crippen LogP contribution in [0.2, 0.25) is 0 Å². The van der Waals surface area contributed by atoms with E-state index in [0.717, 1.165) is 12.8 Å². The number of nitrogens with zero attached hydrogens (tertiary/aromatic N) is 1. The van der Waals surface area contributed by atoms with Gasteiger partial charge in [0.05, 0.1) is 6.04 Å². The minimum atomic E-state index is -0.270. The van der Waals surface area contributed by atoms with Gasteiger partial charge in [-0.1, -0.05) is 6.42 Å². The molecule has 1 aliphatic heterocycles. The molecule has 0 N–H and O–H groups in total. The predicted octanol–water partition coefficient (Wildman–Crippen LogP) is 0.925. The van der Waals surface area contributed by atoms with Crippen molar-refractivity contribution in [3.8, 4) is 0 Å². The van der Waals surface area contributed by atoms with Crippen molar-refractivity contribution in [2.45, 2.75) is 37.8 Å². The van der Waals surface area contributed by atoms with Crippen molar-refractivity contribution in [3.05, 3.63) is 0 Å². The number of aliphatic imine (C=N–C) groups is 1. The minimum Gasteiger partial charge on any atom is -0.456 e. The van der Waals surface area contributed by atoms with Crippen LogP contribution in [-0.2, 0) is 9.53 Å². The molecule has 0 aromatic carbocycles. The fourth-order valence-electron chi connectivity index (χ4n) is 1.72. The normalized spacial score (nSPS) is 36.2. The smallest absolute Gasteiger partial charge is 0.349 e. The lowest BCUT2D eigenvalue weighted by molar-refractivity contribution is -0.143. The SMILES string of the molecule is O=C1C=NC2CCCC[C@@H]2O1. The molecule has 2 aliphatic rings. The van der Waals surface area contributed by atoms with Crippen LogP contribution < -0.4 is 0 Å². The van der Waals surface area contributed by atoms with Gasteiger partial charge < -0.3 is 4.74 Å². The van der Waals surface area contributed by atoms with Gasteiger partial charge in [-0.25, -0.2) is 4.79 Å². The summed E-state index contributed by atoms with van der Waals surface area (Å²) in [6, 6.07) is 0.265. The van der Waals surface area contributed by atoms with Crippen LogP contribution in [0.3, 0.4) is 0 Å². The van der Waals surface area contributed by atoms with Gasteiger partial charge in [-0.2, -0.15) is 0 Å². The second-order valence-corrected chi connectivity index (χ2v) is 3.11. The molecular formula is C8H11NO2. The largest absolute Gasteiger partial charge is 0.456 e. The van der Waals surface area contributed by atoms with Gasteiger partial charge in [0.2, 0.25) is 0 Å². The van der Waals surface area contributed by atoms with Gasteiger partial charge in [-0.15, -0.1) is 0 Å². The Morgan fingerprint density at radius 1 is 1.45 bits per heavy atom. The number of hydrogen-bond donors (Lipinski definition) is 0. The number of hydrogen-bond acceptors (Lipinski definition) is 3. The van der Waals surface area contributed by atoms with E-state index in [1.54, 1.807) is 0 Å². The molecule has 1 aliphatic carbocycles. The van der Waals surface area contributed by atoms with Crippen LogP contribution >= 0.6 is 0 Å². The van der Waals surface area contributed by atoms with Crippen molar-refractivity contribution < 1.29 is 9.53 Å². The summed E-state index contributed by atoms with van der Waals surface area (Å²) in [4.78, 5) is 14.9. The highest BCUT2D eigenvalue weighted by atomic mass is 16.5. The van der Waals surface area contributed by atoms with Gasteiger partial charge in [-0.3, -0.25) is 4.99 Å². The summed E-state index contributed by atoms with van der Waals surface area (Å²) in [6.07, 6.45) is 5.86. The summed E-state index contributed by atoms with van der Waals surface area (Å²) >= 11 is 0. The van der Waals surface area contributed by atoms with E-state index in [4.69, 9.17) is 4.74 Å². The average Bonchev–Trinajstić information content (AvgIpc) is 2.04. The molecule has 2 rings (SSSR count). The molecule has 11 heavy (non-hydrogen) atoms. The first-order valence-electron chi connectivity index (χ1n) is 4.10. The number of fused-ring (bicyclic) bond motifs is 1. The van der Waals surface area contributed by atoms with Gasteiger partial charge in [0, 0.05) is 0 Å². The van der Waals surface area contributed by atoms with Crippen LogP contribution in [-0.4, -0.2) is 24.3 Å². The molecule has 3 nitrogen and oxygen atoms in total. The Kier molecular flexibility index (Phi) is 1.64. The number of esters is 1. The van der Waals surface area contributed by atoms with E-state index in [0.29, 0.717) is 0 Å². The second-order valence-electron chi connectivity index (χ2n) is 3.11. The lowest BCUT2D eigenvalue weighted by Gasteiger charge is -2.30. The van der Waals surface area contributed by atoms with Crippen LogP contribution in [0.4, 0.5) is 0 Å². The number of carbonyl (C=O) groups is 1. The monoisotopic (exact) mass is 153 g/mol. The van der Waals surface area contributed by atoms with E-state index in [2.05, 4.69) is 4.99 Å². The van der Waals surface area contributed by atoms with Crippen molar-refractivity contribution in [3.63, 3.8) is 0 Å². The topological polar surface area (TPSA) is 38.7 Å². The summed E-state index contributed by atoms with van der Waals surface area (Å²) in [5, 5.41) is 0. The van der Waals surface area contributed by atoms with Crippen LogP contribution in [0.15, 0.2) is 4.99 Å². The van der Waals surface area contributed by atoms with E-state index in [1.165, 1.54) is 19.1 Å². The Hall–Kier alpha value is -0.860. The maximum absolute atomic E-state index is 10.7. The van der Waals surface area contributed by atoms with Gasteiger partial charge in [0.15, 0.2) is 0 Å². The number of ether oxygens (including phenoxy) is 1. The molecule has 0 bridgehead atoms. The molecule has 1 unspecified atom stereocenters. The van der Waals surface area contributed by atoms with Crippen molar-refractivity contribution >= 4 is 12.2 Å². The maximum atomic E-state index is 10.7. The highest BCUT2D eigenvalue weighted by molar-refractivity contribution is 6.23. The molecule has 0 amide bonds. The Balaban J connectivity index is 2.10. The van der Waals surface area contributed by atoms with Crippen molar-refractivity contribution in [2.75, 3.05) is 0 Å². The summed E-state index contributed by atoms with van der Waals surface area (Å²) in [7, 11) is 0. The fourth-order valence-corrected chi connectivity index (χ4v) is 1.72. The minimum absolute atomic E-state index is 0.0845. The van der Waals surface area contributed by atoms with E-state index in [-0.39, 0.29) is 18.1 Å².